The summed E-state index contributed by atoms with van der Waals surface area (Å²) in [5.74, 6) is 0.326. The first-order chi connectivity index (χ1) is 9.78. The molecule has 2 heterocycles. The highest BCUT2D eigenvalue weighted by Gasteiger charge is 2.17. The molecule has 0 atom stereocenters. The Labute approximate surface area is 115 Å². The molecule has 6 nitrogen and oxygen atoms in total. The lowest BCUT2D eigenvalue weighted by atomic mass is 10.1. The van der Waals surface area contributed by atoms with Gasteiger partial charge < -0.3 is 9.47 Å². The number of nitrogens with zero attached hydrogens (tertiary/aromatic N) is 3. The molecule has 0 radical (unpaired) electrons. The van der Waals surface area contributed by atoms with Crippen molar-refractivity contribution in [3.63, 3.8) is 0 Å². The number of carbonyl (C=O) groups excluding carboxylic acids is 1. The van der Waals surface area contributed by atoms with Gasteiger partial charge in [0.05, 0.1) is 31.1 Å². The van der Waals surface area contributed by atoms with Crippen LogP contribution in [0.25, 0.3) is 6.08 Å². The van der Waals surface area contributed by atoms with Gasteiger partial charge in [0.2, 0.25) is 0 Å². The van der Waals surface area contributed by atoms with Gasteiger partial charge in [-0.15, -0.1) is 5.10 Å². The predicted octanol–water partition coefficient (Wildman–Crippen LogP) is 1.43. The van der Waals surface area contributed by atoms with Gasteiger partial charge in [0.25, 0.3) is 0 Å². The number of carbonyl (C=O) groups is 1. The van der Waals surface area contributed by atoms with Crippen molar-refractivity contribution in [3.05, 3.63) is 47.3 Å². The minimum atomic E-state index is -0.386. The molecule has 2 aromatic rings. The zero-order chi connectivity index (χ0) is 13.9. The van der Waals surface area contributed by atoms with Crippen molar-refractivity contribution in [1.29, 1.82) is 0 Å². The Morgan fingerprint density at radius 2 is 2.25 bits per heavy atom. The maximum atomic E-state index is 11.9. The summed E-state index contributed by atoms with van der Waals surface area (Å²) in [4.78, 5) is 11.9. The van der Waals surface area contributed by atoms with Crippen LogP contribution in [0.15, 0.2) is 36.0 Å². The molecule has 0 spiro atoms. The molecule has 1 aromatic carbocycles. The van der Waals surface area contributed by atoms with Gasteiger partial charge in [-0.3, -0.25) is 0 Å². The summed E-state index contributed by atoms with van der Waals surface area (Å²) in [7, 11) is 1.36. The number of methoxy groups -OCH3 is 1. The zero-order valence-corrected chi connectivity index (χ0v) is 10.9. The number of hydrogen-bond acceptors (Lipinski definition) is 5. The van der Waals surface area contributed by atoms with E-state index in [2.05, 4.69) is 10.3 Å². The van der Waals surface area contributed by atoms with Crippen LogP contribution in [0.3, 0.4) is 0 Å². The minimum Gasteiger partial charge on any atom is -0.487 e. The fourth-order valence-electron chi connectivity index (χ4n) is 2.06. The average Bonchev–Trinajstić information content (AvgIpc) is 2.93. The molecule has 0 saturated heterocycles. The molecule has 0 amide bonds. The third-order valence-corrected chi connectivity index (χ3v) is 3.09. The normalized spacial score (nSPS) is 16.4. The highest BCUT2D eigenvalue weighted by atomic mass is 16.5. The molecule has 1 aliphatic rings. The van der Waals surface area contributed by atoms with Gasteiger partial charge >= 0.3 is 5.97 Å². The van der Waals surface area contributed by atoms with Crippen molar-refractivity contribution in [1.82, 2.24) is 15.0 Å². The van der Waals surface area contributed by atoms with Gasteiger partial charge in [0.1, 0.15) is 12.4 Å². The zero-order valence-electron chi connectivity index (χ0n) is 10.9. The summed E-state index contributed by atoms with van der Waals surface area (Å²) in [6, 6.07) is 7.54. The summed E-state index contributed by atoms with van der Waals surface area (Å²) >= 11 is 0. The van der Waals surface area contributed by atoms with Gasteiger partial charge in [0.15, 0.2) is 0 Å². The van der Waals surface area contributed by atoms with E-state index in [0.717, 1.165) is 11.3 Å². The molecule has 0 unspecified atom stereocenters. The Morgan fingerprint density at radius 3 is 3.10 bits per heavy atom. The Bertz CT molecular complexity index is 676. The monoisotopic (exact) mass is 271 g/mol. The van der Waals surface area contributed by atoms with Crippen LogP contribution in [0.4, 0.5) is 0 Å². The molecule has 0 fully saturated rings. The number of rotatable bonds is 1. The van der Waals surface area contributed by atoms with Crippen molar-refractivity contribution in [2.24, 2.45) is 0 Å². The van der Waals surface area contributed by atoms with E-state index in [1.54, 1.807) is 17.0 Å². The van der Waals surface area contributed by atoms with Gasteiger partial charge in [0, 0.05) is 5.56 Å². The molecule has 0 saturated carbocycles. The Hall–Kier alpha value is -2.63. The molecular formula is C14H13N3O3. The van der Waals surface area contributed by atoms with Gasteiger partial charge in [-0.25, -0.2) is 9.48 Å². The molecular weight excluding hydrogens is 258 g/mol. The van der Waals surface area contributed by atoms with Crippen molar-refractivity contribution >= 4 is 12.0 Å². The first-order valence-corrected chi connectivity index (χ1v) is 6.16. The molecule has 0 aliphatic carbocycles. The lowest BCUT2D eigenvalue weighted by Gasteiger charge is -2.07. The summed E-state index contributed by atoms with van der Waals surface area (Å²) in [5.41, 5.74) is 2.14. The lowest BCUT2D eigenvalue weighted by Crippen LogP contribution is -2.14. The predicted molar refractivity (Wildman–Crippen MR) is 70.8 cm³/mol. The van der Waals surface area contributed by atoms with E-state index in [0.29, 0.717) is 24.5 Å². The van der Waals surface area contributed by atoms with Gasteiger partial charge in [-0.1, -0.05) is 23.4 Å². The van der Waals surface area contributed by atoms with E-state index >= 15 is 0 Å². The number of para-hydroxylation sites is 1. The van der Waals surface area contributed by atoms with E-state index in [1.165, 1.54) is 7.11 Å². The molecule has 3 rings (SSSR count). The topological polar surface area (TPSA) is 66.2 Å². The molecule has 1 aromatic heterocycles. The first-order valence-electron chi connectivity index (χ1n) is 6.16. The number of fused-ring (bicyclic) bond motifs is 2. The van der Waals surface area contributed by atoms with E-state index < -0.39 is 0 Å². The van der Waals surface area contributed by atoms with Gasteiger partial charge in [-0.2, -0.15) is 0 Å². The lowest BCUT2D eigenvalue weighted by molar-refractivity contribution is -0.136. The van der Waals surface area contributed by atoms with Gasteiger partial charge in [-0.05, 0) is 12.1 Å². The highest BCUT2D eigenvalue weighted by molar-refractivity contribution is 5.94. The van der Waals surface area contributed by atoms with E-state index in [1.807, 2.05) is 24.3 Å². The Balaban J connectivity index is 2.10. The molecule has 0 N–H and O–H groups in total. The van der Waals surface area contributed by atoms with E-state index in [-0.39, 0.29) is 5.97 Å². The summed E-state index contributed by atoms with van der Waals surface area (Å²) in [6.07, 6.45) is 3.39. The second-order valence-electron chi connectivity index (χ2n) is 4.37. The van der Waals surface area contributed by atoms with Crippen LogP contribution in [-0.4, -0.2) is 28.1 Å². The largest absolute Gasteiger partial charge is 0.487 e. The fourth-order valence-corrected chi connectivity index (χ4v) is 2.06. The Morgan fingerprint density at radius 1 is 1.40 bits per heavy atom. The van der Waals surface area contributed by atoms with E-state index in [4.69, 9.17) is 9.47 Å². The van der Waals surface area contributed by atoms with Crippen molar-refractivity contribution in [2.45, 2.75) is 13.2 Å². The van der Waals surface area contributed by atoms with Crippen LogP contribution >= 0.6 is 0 Å². The van der Waals surface area contributed by atoms with E-state index in [9.17, 15) is 4.79 Å². The number of aromatic nitrogens is 3. The Kier molecular flexibility index (Phi) is 3.20. The second-order valence-corrected chi connectivity index (χ2v) is 4.37. The average molecular weight is 271 g/mol. The van der Waals surface area contributed by atoms with Crippen molar-refractivity contribution < 1.29 is 14.3 Å². The summed E-state index contributed by atoms with van der Waals surface area (Å²) in [5, 5.41) is 7.81. The molecule has 20 heavy (non-hydrogen) atoms. The van der Waals surface area contributed by atoms with Crippen LogP contribution in [0, 0.1) is 0 Å². The summed E-state index contributed by atoms with van der Waals surface area (Å²) in [6.45, 7) is 0.659. The third-order valence-electron chi connectivity index (χ3n) is 3.09. The first kappa shape index (κ1) is 12.4. The second kappa shape index (κ2) is 5.16. The molecule has 1 aliphatic heterocycles. The van der Waals surface area contributed by atoms with Crippen LogP contribution in [0.2, 0.25) is 0 Å². The minimum absolute atomic E-state index is 0.305. The standard InChI is InChI=1S/C14H13N3O3/c1-19-14(18)11-6-10-4-2-3-5-13(10)20-9-12-7-15-16-17(12)8-11/h2-7H,8-9H2,1H3/b11-6+. The summed E-state index contributed by atoms with van der Waals surface area (Å²) < 4.78 is 12.2. The fraction of sp³-hybridized carbons (Fsp3) is 0.214. The molecule has 102 valence electrons. The molecule has 0 bridgehead atoms. The van der Waals surface area contributed by atoms with Crippen LogP contribution in [0.5, 0.6) is 5.75 Å². The SMILES string of the molecule is COC(=O)/C1=C/c2ccccc2OCc2cnnn2C1. The maximum Gasteiger partial charge on any atom is 0.335 e. The maximum absolute atomic E-state index is 11.9. The number of benzene rings is 1. The third kappa shape index (κ3) is 2.27. The quantitative estimate of drug-likeness (QED) is 0.734. The van der Waals surface area contributed by atoms with Crippen molar-refractivity contribution in [3.8, 4) is 5.75 Å². The van der Waals surface area contributed by atoms with Crippen LogP contribution < -0.4 is 4.74 Å². The van der Waals surface area contributed by atoms with Crippen LogP contribution in [0.1, 0.15) is 11.3 Å². The number of ether oxygens (including phenoxy) is 2. The number of esters is 1. The van der Waals surface area contributed by atoms with Crippen molar-refractivity contribution in [2.75, 3.05) is 7.11 Å². The molecule has 6 heteroatoms. The number of hydrogen-bond donors (Lipinski definition) is 0. The smallest absolute Gasteiger partial charge is 0.335 e. The highest BCUT2D eigenvalue weighted by Crippen LogP contribution is 2.24. The van der Waals surface area contributed by atoms with Crippen LogP contribution in [-0.2, 0) is 22.7 Å².